The zero-order chi connectivity index (χ0) is 10.6. The van der Waals surface area contributed by atoms with E-state index < -0.39 is 0 Å². The van der Waals surface area contributed by atoms with Crippen LogP contribution in [0.1, 0.15) is 26.7 Å². The van der Waals surface area contributed by atoms with Crippen LogP contribution < -0.4 is 11.1 Å². The summed E-state index contributed by atoms with van der Waals surface area (Å²) in [7, 11) is 1.75. The summed E-state index contributed by atoms with van der Waals surface area (Å²) in [6.07, 6.45) is 2.48. The summed E-state index contributed by atoms with van der Waals surface area (Å²) in [4.78, 5) is 4.24. The van der Waals surface area contributed by atoms with E-state index in [1.54, 1.807) is 7.11 Å². The summed E-state index contributed by atoms with van der Waals surface area (Å²) in [6.45, 7) is 5.04. The first kappa shape index (κ1) is 11.3. The van der Waals surface area contributed by atoms with Gasteiger partial charge < -0.3 is 15.8 Å². The van der Waals surface area contributed by atoms with Crippen LogP contribution in [0.5, 0.6) is 0 Å². The molecule has 0 aliphatic heterocycles. The minimum atomic E-state index is 0.408. The molecular weight excluding hydrogens is 178 g/mol. The lowest BCUT2D eigenvalue weighted by Gasteiger charge is -2.34. The fourth-order valence-corrected chi connectivity index (χ4v) is 1.41. The molecule has 0 aromatic heterocycles. The largest absolute Gasteiger partial charge is 0.381 e. The minimum absolute atomic E-state index is 0.408. The Balaban J connectivity index is 2.15. The van der Waals surface area contributed by atoms with Crippen LogP contribution in [0, 0.1) is 5.92 Å². The van der Waals surface area contributed by atoms with Gasteiger partial charge in [-0.2, -0.15) is 0 Å². The van der Waals surface area contributed by atoms with Gasteiger partial charge >= 0.3 is 0 Å². The predicted molar refractivity (Wildman–Crippen MR) is 58.3 cm³/mol. The fourth-order valence-electron chi connectivity index (χ4n) is 1.41. The molecule has 14 heavy (non-hydrogen) atoms. The number of hydrogen-bond donors (Lipinski definition) is 2. The monoisotopic (exact) mass is 199 g/mol. The number of ether oxygens (including phenoxy) is 1. The zero-order valence-corrected chi connectivity index (χ0v) is 9.29. The summed E-state index contributed by atoms with van der Waals surface area (Å²) in [5.74, 6) is 1.13. The topological polar surface area (TPSA) is 59.6 Å². The first-order valence-electron chi connectivity index (χ1n) is 5.21. The van der Waals surface area contributed by atoms with E-state index in [-0.39, 0.29) is 0 Å². The van der Waals surface area contributed by atoms with Crippen LogP contribution in [0.3, 0.4) is 0 Å². The van der Waals surface area contributed by atoms with Gasteiger partial charge in [0, 0.05) is 19.7 Å². The van der Waals surface area contributed by atoms with E-state index in [1.165, 1.54) is 0 Å². The number of rotatable bonds is 4. The van der Waals surface area contributed by atoms with Gasteiger partial charge in [-0.25, -0.2) is 0 Å². The van der Waals surface area contributed by atoms with Crippen molar-refractivity contribution in [3.63, 3.8) is 0 Å². The summed E-state index contributed by atoms with van der Waals surface area (Å²) in [5.41, 5.74) is 5.72. The van der Waals surface area contributed by atoms with Crippen molar-refractivity contribution < 1.29 is 4.74 Å². The smallest absolute Gasteiger partial charge is 0.188 e. The third-order valence-corrected chi connectivity index (χ3v) is 2.41. The first-order chi connectivity index (χ1) is 6.61. The maximum absolute atomic E-state index is 5.72. The van der Waals surface area contributed by atoms with Gasteiger partial charge in [-0.05, 0) is 18.8 Å². The normalized spacial score (nSPS) is 27.6. The number of nitrogens with one attached hydrogen (secondary N) is 1. The van der Waals surface area contributed by atoms with Crippen LogP contribution in [-0.4, -0.2) is 31.8 Å². The van der Waals surface area contributed by atoms with E-state index in [4.69, 9.17) is 10.5 Å². The molecule has 0 amide bonds. The molecule has 0 spiro atoms. The fraction of sp³-hybridized carbons (Fsp3) is 0.900. The lowest BCUT2D eigenvalue weighted by Crippen LogP contribution is -2.50. The SMILES string of the molecule is COC1CC(NC(N)=NCC(C)C)C1. The molecule has 82 valence electrons. The molecular formula is C10H21N3O. The van der Waals surface area contributed by atoms with Gasteiger partial charge in [0.25, 0.3) is 0 Å². The van der Waals surface area contributed by atoms with E-state index in [1.807, 2.05) is 0 Å². The molecule has 0 bridgehead atoms. The van der Waals surface area contributed by atoms with Gasteiger partial charge in [0.15, 0.2) is 5.96 Å². The lowest BCUT2D eigenvalue weighted by molar-refractivity contribution is 0.0225. The molecule has 3 N–H and O–H groups in total. The van der Waals surface area contributed by atoms with Gasteiger partial charge in [0.1, 0.15) is 0 Å². The molecule has 1 fully saturated rings. The lowest BCUT2D eigenvalue weighted by atomic mass is 9.89. The third kappa shape index (κ3) is 3.54. The summed E-state index contributed by atoms with van der Waals surface area (Å²) in [6, 6.07) is 0.455. The Morgan fingerprint density at radius 2 is 2.21 bits per heavy atom. The van der Waals surface area contributed by atoms with Crippen molar-refractivity contribution >= 4 is 5.96 Å². The summed E-state index contributed by atoms with van der Waals surface area (Å²) in [5, 5.41) is 3.18. The standard InChI is InChI=1S/C10H21N3O/c1-7(2)6-12-10(11)13-8-4-9(5-8)14-3/h7-9H,4-6H2,1-3H3,(H3,11,12,13). The van der Waals surface area contributed by atoms with E-state index in [0.717, 1.165) is 19.4 Å². The zero-order valence-electron chi connectivity index (χ0n) is 9.29. The van der Waals surface area contributed by atoms with Crippen molar-refractivity contribution in [1.82, 2.24) is 5.32 Å². The van der Waals surface area contributed by atoms with E-state index in [0.29, 0.717) is 24.0 Å². The van der Waals surface area contributed by atoms with Crippen LogP contribution in [-0.2, 0) is 4.74 Å². The van der Waals surface area contributed by atoms with E-state index in [9.17, 15) is 0 Å². The Morgan fingerprint density at radius 3 is 2.71 bits per heavy atom. The second-order valence-electron chi connectivity index (χ2n) is 4.29. The Labute approximate surface area is 85.9 Å². The van der Waals surface area contributed by atoms with Gasteiger partial charge in [0.2, 0.25) is 0 Å². The number of nitrogens with zero attached hydrogens (tertiary/aromatic N) is 1. The molecule has 0 heterocycles. The number of hydrogen-bond acceptors (Lipinski definition) is 2. The summed E-state index contributed by atoms with van der Waals surface area (Å²) >= 11 is 0. The minimum Gasteiger partial charge on any atom is -0.381 e. The van der Waals surface area contributed by atoms with Crippen LogP contribution in [0.4, 0.5) is 0 Å². The Morgan fingerprint density at radius 1 is 1.57 bits per heavy atom. The molecule has 1 aliphatic carbocycles. The first-order valence-corrected chi connectivity index (χ1v) is 5.21. The highest BCUT2D eigenvalue weighted by Crippen LogP contribution is 2.21. The second-order valence-corrected chi connectivity index (χ2v) is 4.29. The average molecular weight is 199 g/mol. The van der Waals surface area contributed by atoms with Crippen molar-refractivity contribution in [2.75, 3.05) is 13.7 Å². The van der Waals surface area contributed by atoms with E-state index in [2.05, 4.69) is 24.2 Å². The molecule has 1 saturated carbocycles. The predicted octanol–water partition coefficient (Wildman–Crippen LogP) is 0.724. The maximum atomic E-state index is 5.72. The molecule has 0 atom stereocenters. The van der Waals surface area contributed by atoms with Crippen LogP contribution in [0.15, 0.2) is 4.99 Å². The molecule has 0 unspecified atom stereocenters. The molecule has 1 aliphatic rings. The average Bonchev–Trinajstić information content (AvgIpc) is 2.07. The van der Waals surface area contributed by atoms with Crippen molar-refractivity contribution in [2.24, 2.45) is 16.6 Å². The summed E-state index contributed by atoms with van der Waals surface area (Å²) < 4.78 is 5.18. The highest BCUT2D eigenvalue weighted by molar-refractivity contribution is 5.78. The van der Waals surface area contributed by atoms with Crippen LogP contribution in [0.2, 0.25) is 0 Å². The number of nitrogens with two attached hydrogens (primary N) is 1. The second kappa shape index (κ2) is 5.20. The Kier molecular flexibility index (Phi) is 4.20. The highest BCUT2D eigenvalue weighted by Gasteiger charge is 2.28. The maximum Gasteiger partial charge on any atom is 0.188 e. The van der Waals surface area contributed by atoms with Gasteiger partial charge in [0.05, 0.1) is 6.10 Å². The molecule has 4 nitrogen and oxygen atoms in total. The Bertz CT molecular complexity index is 198. The molecule has 0 radical (unpaired) electrons. The van der Waals surface area contributed by atoms with Crippen molar-refractivity contribution in [3.8, 4) is 0 Å². The number of guanidine groups is 1. The van der Waals surface area contributed by atoms with Crippen LogP contribution in [0.25, 0.3) is 0 Å². The number of aliphatic imine (C=N–C) groups is 1. The van der Waals surface area contributed by atoms with E-state index >= 15 is 0 Å². The highest BCUT2D eigenvalue weighted by atomic mass is 16.5. The number of methoxy groups -OCH3 is 1. The van der Waals surface area contributed by atoms with Crippen molar-refractivity contribution in [3.05, 3.63) is 0 Å². The molecule has 4 heteroatoms. The van der Waals surface area contributed by atoms with Crippen LogP contribution >= 0.6 is 0 Å². The van der Waals surface area contributed by atoms with Gasteiger partial charge in [-0.15, -0.1) is 0 Å². The molecule has 0 aromatic carbocycles. The van der Waals surface area contributed by atoms with Gasteiger partial charge in [-0.3, -0.25) is 4.99 Å². The molecule has 1 rings (SSSR count). The molecule has 0 aromatic rings. The third-order valence-electron chi connectivity index (χ3n) is 2.41. The Hall–Kier alpha value is -0.770. The quantitative estimate of drug-likeness (QED) is 0.518. The van der Waals surface area contributed by atoms with Crippen molar-refractivity contribution in [2.45, 2.75) is 38.8 Å². The van der Waals surface area contributed by atoms with Crippen molar-refractivity contribution in [1.29, 1.82) is 0 Å². The molecule has 0 saturated heterocycles. The van der Waals surface area contributed by atoms with Gasteiger partial charge in [-0.1, -0.05) is 13.8 Å².